The van der Waals surface area contributed by atoms with Gasteiger partial charge in [-0.3, -0.25) is 0 Å². The molecular formula is C10H21NO2S. The fourth-order valence-electron chi connectivity index (χ4n) is 2.25. The van der Waals surface area contributed by atoms with E-state index in [0.29, 0.717) is 0 Å². The summed E-state index contributed by atoms with van der Waals surface area (Å²) in [6.07, 6.45) is 5.22. The second kappa shape index (κ2) is 5.12. The van der Waals surface area contributed by atoms with Gasteiger partial charge in [0.05, 0.1) is 5.25 Å². The molecule has 1 N–H and O–H groups in total. The first kappa shape index (κ1) is 12.0. The topological polar surface area (TPSA) is 46.2 Å². The van der Waals surface area contributed by atoms with Gasteiger partial charge in [0.25, 0.3) is 0 Å². The third-order valence-electron chi connectivity index (χ3n) is 3.19. The number of hydrogen-bond acceptors (Lipinski definition) is 3. The fourth-order valence-corrected chi connectivity index (χ4v) is 3.97. The second-order valence-electron chi connectivity index (χ2n) is 4.02. The van der Waals surface area contributed by atoms with Crippen molar-refractivity contribution in [3.05, 3.63) is 0 Å². The van der Waals surface area contributed by atoms with Gasteiger partial charge < -0.3 is 5.32 Å². The van der Waals surface area contributed by atoms with Crippen molar-refractivity contribution in [2.45, 2.75) is 50.3 Å². The minimum atomic E-state index is -2.87. The van der Waals surface area contributed by atoms with Gasteiger partial charge in [-0.25, -0.2) is 8.42 Å². The summed E-state index contributed by atoms with van der Waals surface area (Å²) in [6, 6.07) is 0.169. The Hall–Kier alpha value is -0.0900. The highest BCUT2D eigenvalue weighted by atomic mass is 32.2. The first-order valence-electron chi connectivity index (χ1n) is 5.50. The first-order valence-corrected chi connectivity index (χ1v) is 7.22. The van der Waals surface area contributed by atoms with Crippen LogP contribution in [0.15, 0.2) is 0 Å². The van der Waals surface area contributed by atoms with E-state index in [-0.39, 0.29) is 17.0 Å². The fraction of sp³-hybridized carbons (Fsp3) is 1.00. The van der Waals surface area contributed by atoms with Crippen molar-refractivity contribution in [1.29, 1.82) is 0 Å². The van der Waals surface area contributed by atoms with E-state index in [1.807, 2.05) is 7.05 Å². The molecule has 2 atom stereocenters. The van der Waals surface area contributed by atoms with Crippen LogP contribution in [0.1, 0.15) is 39.0 Å². The number of rotatable bonds is 3. The zero-order valence-electron chi connectivity index (χ0n) is 9.12. The van der Waals surface area contributed by atoms with Gasteiger partial charge in [-0.15, -0.1) is 0 Å². The number of sulfone groups is 1. The lowest BCUT2D eigenvalue weighted by Gasteiger charge is -2.23. The largest absolute Gasteiger partial charge is 0.316 e. The maximum Gasteiger partial charge on any atom is 0.154 e. The molecule has 2 unspecified atom stereocenters. The zero-order chi connectivity index (χ0) is 10.6. The summed E-state index contributed by atoms with van der Waals surface area (Å²) in [7, 11) is -0.999. The summed E-state index contributed by atoms with van der Waals surface area (Å²) < 4.78 is 23.7. The third kappa shape index (κ3) is 2.70. The van der Waals surface area contributed by atoms with Gasteiger partial charge in [0.1, 0.15) is 0 Å². The summed E-state index contributed by atoms with van der Waals surface area (Å²) >= 11 is 0. The normalized spacial score (nSPS) is 29.9. The predicted octanol–water partition coefficient (Wildman–Crippen LogP) is 1.34. The molecule has 84 valence electrons. The molecule has 0 amide bonds. The van der Waals surface area contributed by atoms with Crippen molar-refractivity contribution < 1.29 is 8.42 Å². The van der Waals surface area contributed by atoms with Crippen molar-refractivity contribution in [3.8, 4) is 0 Å². The van der Waals surface area contributed by atoms with Crippen LogP contribution in [0.25, 0.3) is 0 Å². The number of hydrogen-bond donors (Lipinski definition) is 1. The molecule has 0 saturated heterocycles. The molecule has 0 radical (unpaired) electrons. The standard InChI is InChI=1S/C10H21NO2S/c1-3-14(12,13)10-8-6-4-5-7-9(10)11-2/h9-11H,3-8H2,1-2H3. The molecule has 0 aromatic carbocycles. The average Bonchev–Trinajstić information content (AvgIpc) is 2.42. The van der Waals surface area contributed by atoms with Gasteiger partial charge in [-0.2, -0.15) is 0 Å². The van der Waals surface area contributed by atoms with Crippen molar-refractivity contribution in [1.82, 2.24) is 5.32 Å². The molecule has 0 heterocycles. The summed E-state index contributed by atoms with van der Waals surface area (Å²) in [5, 5.41) is 3.00. The van der Waals surface area contributed by atoms with Crippen LogP contribution in [0.4, 0.5) is 0 Å². The van der Waals surface area contributed by atoms with Crippen LogP contribution in [0.3, 0.4) is 0 Å². The highest BCUT2D eigenvalue weighted by molar-refractivity contribution is 7.92. The van der Waals surface area contributed by atoms with Gasteiger partial charge in [0, 0.05) is 11.8 Å². The van der Waals surface area contributed by atoms with Gasteiger partial charge in [-0.05, 0) is 19.9 Å². The molecule has 1 aliphatic carbocycles. The summed E-state index contributed by atoms with van der Waals surface area (Å²) in [6.45, 7) is 1.74. The Kier molecular flexibility index (Phi) is 4.38. The van der Waals surface area contributed by atoms with Gasteiger partial charge in [-0.1, -0.05) is 26.2 Å². The van der Waals surface area contributed by atoms with Gasteiger partial charge >= 0.3 is 0 Å². The molecule has 1 fully saturated rings. The second-order valence-corrected chi connectivity index (χ2v) is 6.53. The smallest absolute Gasteiger partial charge is 0.154 e. The summed E-state index contributed by atoms with van der Waals surface area (Å²) in [5.41, 5.74) is 0. The molecule has 4 heteroatoms. The quantitative estimate of drug-likeness (QED) is 0.729. The van der Waals surface area contributed by atoms with E-state index in [9.17, 15) is 8.42 Å². The van der Waals surface area contributed by atoms with Crippen LogP contribution < -0.4 is 5.32 Å². The monoisotopic (exact) mass is 219 g/mol. The van der Waals surface area contributed by atoms with E-state index >= 15 is 0 Å². The first-order chi connectivity index (χ1) is 6.61. The lowest BCUT2D eigenvalue weighted by Crippen LogP contribution is -2.42. The van der Waals surface area contributed by atoms with E-state index in [2.05, 4.69) is 5.32 Å². The summed E-state index contributed by atoms with van der Waals surface area (Å²) in [5.74, 6) is 0.274. The Bertz CT molecular complexity index is 261. The zero-order valence-corrected chi connectivity index (χ0v) is 9.94. The maximum absolute atomic E-state index is 11.8. The van der Waals surface area contributed by atoms with Crippen LogP contribution in [0, 0.1) is 0 Å². The molecule has 0 aromatic rings. The lowest BCUT2D eigenvalue weighted by atomic mass is 10.1. The molecule has 1 saturated carbocycles. The molecule has 0 aliphatic heterocycles. The third-order valence-corrected chi connectivity index (χ3v) is 5.48. The molecule has 0 spiro atoms. The Morgan fingerprint density at radius 1 is 1.21 bits per heavy atom. The van der Waals surface area contributed by atoms with E-state index < -0.39 is 9.84 Å². The van der Waals surface area contributed by atoms with Gasteiger partial charge in [0.2, 0.25) is 0 Å². The molecule has 3 nitrogen and oxygen atoms in total. The highest BCUT2D eigenvalue weighted by Crippen LogP contribution is 2.23. The van der Waals surface area contributed by atoms with Crippen molar-refractivity contribution >= 4 is 9.84 Å². The van der Waals surface area contributed by atoms with Crippen LogP contribution >= 0.6 is 0 Å². The predicted molar refractivity (Wildman–Crippen MR) is 59.2 cm³/mol. The average molecular weight is 219 g/mol. The lowest BCUT2D eigenvalue weighted by molar-refractivity contribution is 0.481. The highest BCUT2D eigenvalue weighted by Gasteiger charge is 2.31. The van der Waals surface area contributed by atoms with Crippen LogP contribution in [0.2, 0.25) is 0 Å². The van der Waals surface area contributed by atoms with E-state index in [1.54, 1.807) is 6.92 Å². The minimum absolute atomic E-state index is 0.153. The number of nitrogens with one attached hydrogen (secondary N) is 1. The van der Waals surface area contributed by atoms with E-state index in [0.717, 1.165) is 25.7 Å². The molecular weight excluding hydrogens is 198 g/mol. The minimum Gasteiger partial charge on any atom is -0.316 e. The van der Waals surface area contributed by atoms with Crippen molar-refractivity contribution in [2.75, 3.05) is 12.8 Å². The van der Waals surface area contributed by atoms with Crippen molar-refractivity contribution in [3.63, 3.8) is 0 Å². The Morgan fingerprint density at radius 2 is 1.86 bits per heavy atom. The Morgan fingerprint density at radius 3 is 2.43 bits per heavy atom. The van der Waals surface area contributed by atoms with E-state index in [1.165, 1.54) is 6.42 Å². The maximum atomic E-state index is 11.8. The van der Waals surface area contributed by atoms with Crippen LogP contribution in [-0.2, 0) is 9.84 Å². The Labute approximate surface area is 87.2 Å². The van der Waals surface area contributed by atoms with Crippen LogP contribution in [0.5, 0.6) is 0 Å². The van der Waals surface area contributed by atoms with Crippen LogP contribution in [-0.4, -0.2) is 32.5 Å². The molecule has 0 bridgehead atoms. The Balaban J connectivity index is 2.80. The molecule has 14 heavy (non-hydrogen) atoms. The van der Waals surface area contributed by atoms with Crippen molar-refractivity contribution in [2.24, 2.45) is 0 Å². The molecule has 1 aliphatic rings. The molecule has 0 aromatic heterocycles. The summed E-state index contributed by atoms with van der Waals surface area (Å²) in [4.78, 5) is 0. The SMILES string of the molecule is CCS(=O)(=O)C1CCCCCC1NC. The van der Waals surface area contributed by atoms with Gasteiger partial charge in [0.15, 0.2) is 9.84 Å². The molecule has 1 rings (SSSR count). The van der Waals surface area contributed by atoms with E-state index in [4.69, 9.17) is 0 Å².